The van der Waals surface area contributed by atoms with Gasteiger partial charge in [-0.25, -0.2) is 4.39 Å². The molecule has 25 heavy (non-hydrogen) atoms. The second-order valence-corrected chi connectivity index (χ2v) is 7.48. The van der Waals surface area contributed by atoms with E-state index in [2.05, 4.69) is 15.9 Å². The second kappa shape index (κ2) is 7.19. The van der Waals surface area contributed by atoms with E-state index >= 15 is 0 Å². The van der Waals surface area contributed by atoms with Crippen LogP contribution in [0.1, 0.15) is 11.1 Å². The summed E-state index contributed by atoms with van der Waals surface area (Å²) in [6.45, 7) is 0.0717. The van der Waals surface area contributed by atoms with Gasteiger partial charge in [-0.3, -0.25) is 14.5 Å². The number of benzene rings is 2. The fraction of sp³-hybridized carbons (Fsp3) is 0.0588. The van der Waals surface area contributed by atoms with Gasteiger partial charge < -0.3 is 5.11 Å². The Morgan fingerprint density at radius 1 is 1.24 bits per heavy atom. The van der Waals surface area contributed by atoms with Gasteiger partial charge in [0.15, 0.2) is 0 Å². The van der Waals surface area contributed by atoms with E-state index in [1.807, 2.05) is 0 Å². The van der Waals surface area contributed by atoms with Gasteiger partial charge in [0, 0.05) is 0 Å². The molecule has 1 fully saturated rings. The molecule has 2 amide bonds. The number of nitrogens with zero attached hydrogens (tertiary/aromatic N) is 1. The zero-order valence-corrected chi connectivity index (χ0v) is 15.7. The van der Waals surface area contributed by atoms with Crippen LogP contribution in [0.4, 0.5) is 9.18 Å². The monoisotopic (exact) mass is 441 g/mol. The molecule has 2 aromatic carbocycles. The van der Waals surface area contributed by atoms with Crippen LogP contribution in [0, 0.1) is 5.82 Å². The Labute approximate surface area is 160 Å². The van der Waals surface area contributed by atoms with Crippen LogP contribution in [-0.4, -0.2) is 21.2 Å². The van der Waals surface area contributed by atoms with E-state index in [9.17, 15) is 19.1 Å². The van der Waals surface area contributed by atoms with Crippen LogP contribution < -0.4 is 0 Å². The van der Waals surface area contributed by atoms with Gasteiger partial charge in [-0.15, -0.1) is 0 Å². The fourth-order valence-electron chi connectivity index (χ4n) is 2.23. The van der Waals surface area contributed by atoms with Crippen molar-refractivity contribution in [3.05, 3.63) is 67.7 Å². The lowest BCUT2D eigenvalue weighted by molar-refractivity contribution is -0.123. The van der Waals surface area contributed by atoms with Crippen LogP contribution in [0.2, 0.25) is 5.02 Å². The van der Waals surface area contributed by atoms with Crippen LogP contribution >= 0.6 is 39.3 Å². The van der Waals surface area contributed by atoms with Crippen molar-refractivity contribution in [3.8, 4) is 5.75 Å². The van der Waals surface area contributed by atoms with Gasteiger partial charge in [0.05, 0.1) is 20.9 Å². The highest BCUT2D eigenvalue weighted by atomic mass is 79.9. The SMILES string of the molecule is O=C1SC(=Cc2cc(Cl)c(O)c(Br)c2)C(=O)N1Cc1ccc(F)cc1. The summed E-state index contributed by atoms with van der Waals surface area (Å²) in [6, 6.07) is 8.70. The maximum Gasteiger partial charge on any atom is 0.293 e. The van der Waals surface area contributed by atoms with Crippen molar-refractivity contribution in [1.29, 1.82) is 0 Å². The van der Waals surface area contributed by atoms with Gasteiger partial charge in [-0.05, 0) is 69.2 Å². The van der Waals surface area contributed by atoms with E-state index in [-0.39, 0.29) is 28.0 Å². The molecule has 1 heterocycles. The third kappa shape index (κ3) is 3.89. The number of hydrogen-bond donors (Lipinski definition) is 1. The van der Waals surface area contributed by atoms with Gasteiger partial charge in [0.1, 0.15) is 11.6 Å². The van der Waals surface area contributed by atoms with Crippen LogP contribution in [0.5, 0.6) is 5.75 Å². The topological polar surface area (TPSA) is 57.6 Å². The summed E-state index contributed by atoms with van der Waals surface area (Å²) in [4.78, 5) is 25.9. The number of thioether (sulfide) groups is 1. The summed E-state index contributed by atoms with van der Waals surface area (Å²) in [6.07, 6.45) is 1.53. The molecule has 0 aromatic heterocycles. The predicted octanol–water partition coefficient (Wildman–Crippen LogP) is 5.18. The molecule has 2 aromatic rings. The van der Waals surface area contributed by atoms with Gasteiger partial charge >= 0.3 is 0 Å². The summed E-state index contributed by atoms with van der Waals surface area (Å²) < 4.78 is 13.3. The lowest BCUT2D eigenvalue weighted by Gasteiger charge is -2.12. The number of phenolic OH excluding ortho intramolecular Hbond substituents is 1. The van der Waals surface area contributed by atoms with Crippen LogP contribution in [0.15, 0.2) is 45.8 Å². The molecule has 1 aliphatic rings. The van der Waals surface area contributed by atoms with Crippen molar-refractivity contribution in [2.45, 2.75) is 6.54 Å². The fourth-order valence-corrected chi connectivity index (χ4v) is 3.89. The molecular weight excluding hydrogens is 433 g/mol. The lowest BCUT2D eigenvalue weighted by atomic mass is 10.2. The predicted molar refractivity (Wildman–Crippen MR) is 98.7 cm³/mol. The molecule has 0 radical (unpaired) electrons. The van der Waals surface area contributed by atoms with E-state index < -0.39 is 11.1 Å². The second-order valence-electron chi connectivity index (χ2n) is 5.23. The van der Waals surface area contributed by atoms with Crippen molar-refractivity contribution in [2.75, 3.05) is 0 Å². The average Bonchev–Trinajstić information content (AvgIpc) is 2.82. The number of rotatable bonds is 3. The van der Waals surface area contributed by atoms with E-state index in [0.717, 1.165) is 16.7 Å². The van der Waals surface area contributed by atoms with Crippen LogP contribution in [-0.2, 0) is 11.3 Å². The van der Waals surface area contributed by atoms with Crippen molar-refractivity contribution < 1.29 is 19.1 Å². The molecule has 128 valence electrons. The Hall–Kier alpha value is -1.83. The quantitative estimate of drug-likeness (QED) is 0.665. The van der Waals surface area contributed by atoms with Gasteiger partial charge in [-0.1, -0.05) is 23.7 Å². The van der Waals surface area contributed by atoms with Crippen molar-refractivity contribution >= 4 is 56.5 Å². The first-order valence-electron chi connectivity index (χ1n) is 7.03. The molecule has 0 aliphatic carbocycles. The number of carbonyl (C=O) groups is 2. The highest BCUT2D eigenvalue weighted by Crippen LogP contribution is 2.37. The third-order valence-corrected chi connectivity index (χ3v) is 5.26. The number of halogens is 3. The van der Waals surface area contributed by atoms with Crippen LogP contribution in [0.25, 0.3) is 6.08 Å². The van der Waals surface area contributed by atoms with E-state index in [1.54, 1.807) is 6.07 Å². The minimum atomic E-state index is -0.431. The molecule has 8 heteroatoms. The zero-order valence-electron chi connectivity index (χ0n) is 12.5. The molecule has 4 nitrogen and oxygen atoms in total. The Bertz CT molecular complexity index is 878. The standard InChI is InChI=1S/C17H10BrClFNO3S/c18-12-5-10(6-13(19)15(12)22)7-14-16(23)21(17(24)25-14)8-9-1-3-11(20)4-2-9/h1-7,22H,8H2. The lowest BCUT2D eigenvalue weighted by Crippen LogP contribution is -2.27. The average molecular weight is 443 g/mol. The number of phenols is 1. The summed E-state index contributed by atoms with van der Waals surface area (Å²) >= 11 is 9.90. The Kier molecular flexibility index (Phi) is 5.17. The van der Waals surface area contributed by atoms with Crippen LogP contribution in [0.3, 0.4) is 0 Å². The van der Waals surface area contributed by atoms with Crippen molar-refractivity contribution in [2.24, 2.45) is 0 Å². The maximum absolute atomic E-state index is 13.0. The summed E-state index contributed by atoms with van der Waals surface area (Å²) in [7, 11) is 0. The van der Waals surface area contributed by atoms with E-state index in [4.69, 9.17) is 11.6 Å². The molecule has 1 N–H and O–H groups in total. The largest absolute Gasteiger partial charge is 0.505 e. The smallest absolute Gasteiger partial charge is 0.293 e. The Morgan fingerprint density at radius 2 is 1.92 bits per heavy atom. The molecule has 0 unspecified atom stereocenters. The number of aromatic hydroxyl groups is 1. The van der Waals surface area contributed by atoms with Crippen molar-refractivity contribution in [1.82, 2.24) is 4.90 Å². The Morgan fingerprint density at radius 3 is 2.56 bits per heavy atom. The number of carbonyl (C=O) groups excluding carboxylic acids is 2. The molecule has 0 atom stereocenters. The van der Waals surface area contributed by atoms with E-state index in [1.165, 1.54) is 36.4 Å². The number of hydrogen-bond acceptors (Lipinski definition) is 4. The Balaban J connectivity index is 1.84. The maximum atomic E-state index is 13.0. The molecule has 1 saturated heterocycles. The molecule has 0 bridgehead atoms. The first-order chi connectivity index (χ1) is 11.8. The minimum absolute atomic E-state index is 0.0717. The minimum Gasteiger partial charge on any atom is -0.505 e. The number of amides is 2. The van der Waals surface area contributed by atoms with Gasteiger partial charge in [0.25, 0.3) is 11.1 Å². The highest BCUT2D eigenvalue weighted by molar-refractivity contribution is 9.10. The number of imide groups is 1. The van der Waals surface area contributed by atoms with E-state index in [0.29, 0.717) is 15.6 Å². The zero-order chi connectivity index (χ0) is 18.1. The third-order valence-electron chi connectivity index (χ3n) is 3.46. The highest BCUT2D eigenvalue weighted by Gasteiger charge is 2.35. The first-order valence-corrected chi connectivity index (χ1v) is 9.01. The summed E-state index contributed by atoms with van der Waals surface area (Å²) in [5.41, 5.74) is 1.22. The molecular formula is C17H10BrClFNO3S. The molecule has 0 spiro atoms. The van der Waals surface area contributed by atoms with Gasteiger partial charge in [-0.2, -0.15) is 0 Å². The van der Waals surface area contributed by atoms with Crippen molar-refractivity contribution in [3.63, 3.8) is 0 Å². The molecule has 1 aliphatic heterocycles. The first kappa shape index (κ1) is 18.0. The normalized spacial score (nSPS) is 16.1. The summed E-state index contributed by atoms with van der Waals surface area (Å²) in [5.74, 6) is -0.907. The molecule has 0 saturated carbocycles. The van der Waals surface area contributed by atoms with Gasteiger partial charge in [0.2, 0.25) is 0 Å². The summed E-state index contributed by atoms with van der Waals surface area (Å²) in [5, 5.41) is 9.38. The molecule has 3 rings (SSSR count).